The average Bonchev–Trinajstić information content (AvgIpc) is 3.27. The van der Waals surface area contributed by atoms with Crippen LogP contribution in [0.5, 0.6) is 0 Å². The smallest absolute Gasteiger partial charge is 0.223 e. The minimum absolute atomic E-state index is 0.0152. The Labute approximate surface area is 184 Å². The number of hydrogen-bond acceptors (Lipinski definition) is 5. The number of piperazine rings is 1. The summed E-state index contributed by atoms with van der Waals surface area (Å²) in [5.41, 5.74) is 1.50. The second-order valence-corrected chi connectivity index (χ2v) is 7.72. The molecule has 166 valence electrons. The number of Topliss-reactive ketones (excluding diaryl/α,β-unsaturated/α-hetero) is 1. The molecular formula is C24H23F2N3O3. The van der Waals surface area contributed by atoms with Gasteiger partial charge in [0.15, 0.2) is 17.4 Å². The van der Waals surface area contributed by atoms with Crippen molar-refractivity contribution < 1.29 is 22.8 Å². The Morgan fingerprint density at radius 3 is 2.41 bits per heavy atom. The molecule has 0 atom stereocenters. The molecule has 2 aromatic carbocycles. The van der Waals surface area contributed by atoms with Crippen molar-refractivity contribution in [3.05, 3.63) is 71.8 Å². The van der Waals surface area contributed by atoms with Crippen LogP contribution in [0.15, 0.2) is 53.1 Å². The van der Waals surface area contributed by atoms with Crippen molar-refractivity contribution in [3.8, 4) is 11.3 Å². The molecule has 0 saturated carbocycles. The van der Waals surface area contributed by atoms with Crippen molar-refractivity contribution in [1.82, 2.24) is 9.88 Å². The largest absolute Gasteiger partial charge is 0.441 e. The highest BCUT2D eigenvalue weighted by molar-refractivity contribution is 5.94. The Bertz CT molecular complexity index is 1120. The summed E-state index contributed by atoms with van der Waals surface area (Å²) in [5.74, 6) is 0.0245. The lowest BCUT2D eigenvalue weighted by atomic mass is 10.1. The van der Waals surface area contributed by atoms with Gasteiger partial charge >= 0.3 is 0 Å². The summed E-state index contributed by atoms with van der Waals surface area (Å²) < 4.78 is 33.1. The van der Waals surface area contributed by atoms with E-state index in [-0.39, 0.29) is 23.9 Å². The predicted molar refractivity (Wildman–Crippen MR) is 115 cm³/mol. The molecule has 1 aliphatic rings. The van der Waals surface area contributed by atoms with Crippen LogP contribution in [0, 0.1) is 11.6 Å². The van der Waals surface area contributed by atoms with Gasteiger partial charge in [0, 0.05) is 50.1 Å². The number of aryl methyl sites for hydroxylation is 1. The van der Waals surface area contributed by atoms with E-state index in [0.29, 0.717) is 55.5 Å². The number of oxazole rings is 1. The Morgan fingerprint density at radius 1 is 1.03 bits per heavy atom. The van der Waals surface area contributed by atoms with Crippen molar-refractivity contribution in [1.29, 1.82) is 0 Å². The summed E-state index contributed by atoms with van der Waals surface area (Å²) in [6.45, 7) is 3.39. The molecule has 0 spiro atoms. The lowest BCUT2D eigenvalue weighted by Crippen LogP contribution is -2.49. The number of halogens is 2. The molecule has 0 N–H and O–H groups in total. The second-order valence-electron chi connectivity index (χ2n) is 7.72. The third kappa shape index (κ3) is 4.85. The van der Waals surface area contributed by atoms with Gasteiger partial charge in [-0.1, -0.05) is 0 Å². The van der Waals surface area contributed by atoms with E-state index in [0.717, 1.165) is 5.56 Å². The van der Waals surface area contributed by atoms with E-state index in [1.165, 1.54) is 25.1 Å². The summed E-state index contributed by atoms with van der Waals surface area (Å²) in [6.07, 6.45) is 2.18. The zero-order chi connectivity index (χ0) is 22.7. The standard InChI is InChI=1S/C24H23F2N3O3/c1-16(30)18-4-7-21(20(26)14-18)28-10-12-29(13-11-28)24(31)9-8-23-27-15-22(32-23)17-2-5-19(25)6-3-17/h2-7,14-15H,8-13H2,1H3. The van der Waals surface area contributed by atoms with Gasteiger partial charge in [0.25, 0.3) is 0 Å². The fourth-order valence-corrected chi connectivity index (χ4v) is 3.72. The number of carbonyl (C=O) groups is 2. The van der Waals surface area contributed by atoms with Crippen molar-refractivity contribution in [3.63, 3.8) is 0 Å². The van der Waals surface area contributed by atoms with Gasteiger partial charge in [-0.3, -0.25) is 9.59 Å². The van der Waals surface area contributed by atoms with Crippen LogP contribution in [0.2, 0.25) is 0 Å². The number of rotatable bonds is 6. The van der Waals surface area contributed by atoms with Crippen molar-refractivity contribution in [2.45, 2.75) is 19.8 Å². The van der Waals surface area contributed by atoms with E-state index < -0.39 is 5.82 Å². The maximum absolute atomic E-state index is 14.4. The van der Waals surface area contributed by atoms with Gasteiger partial charge in [-0.05, 0) is 49.4 Å². The van der Waals surface area contributed by atoms with Gasteiger partial charge < -0.3 is 14.2 Å². The van der Waals surface area contributed by atoms with Gasteiger partial charge in [-0.15, -0.1) is 0 Å². The number of ketones is 1. The first-order valence-corrected chi connectivity index (χ1v) is 10.4. The Balaban J connectivity index is 1.29. The first-order chi connectivity index (χ1) is 15.4. The van der Waals surface area contributed by atoms with Gasteiger partial charge in [-0.25, -0.2) is 13.8 Å². The van der Waals surface area contributed by atoms with Gasteiger partial charge in [0.05, 0.1) is 11.9 Å². The van der Waals surface area contributed by atoms with E-state index in [1.54, 1.807) is 35.4 Å². The number of amides is 1. The molecule has 4 rings (SSSR count). The molecule has 1 aliphatic heterocycles. The lowest BCUT2D eigenvalue weighted by molar-refractivity contribution is -0.131. The highest BCUT2D eigenvalue weighted by Crippen LogP contribution is 2.23. The first kappa shape index (κ1) is 21.7. The highest BCUT2D eigenvalue weighted by atomic mass is 19.1. The van der Waals surface area contributed by atoms with Crippen LogP contribution in [-0.4, -0.2) is 47.8 Å². The molecule has 3 aromatic rings. The topological polar surface area (TPSA) is 66.7 Å². The Hall–Kier alpha value is -3.55. The number of nitrogens with zero attached hydrogens (tertiary/aromatic N) is 3. The summed E-state index contributed by atoms with van der Waals surface area (Å²) in [6, 6.07) is 10.4. The van der Waals surface area contributed by atoms with Gasteiger partial charge in [0.1, 0.15) is 11.6 Å². The molecule has 0 radical (unpaired) electrons. The van der Waals surface area contributed by atoms with Crippen LogP contribution < -0.4 is 4.90 Å². The molecular weight excluding hydrogens is 416 g/mol. The van der Waals surface area contributed by atoms with Crippen LogP contribution >= 0.6 is 0 Å². The molecule has 0 bridgehead atoms. The number of hydrogen-bond donors (Lipinski definition) is 0. The molecule has 0 unspecified atom stereocenters. The van der Waals surface area contributed by atoms with Gasteiger partial charge in [0.2, 0.25) is 5.91 Å². The minimum Gasteiger partial charge on any atom is -0.441 e. The second kappa shape index (κ2) is 9.30. The molecule has 1 fully saturated rings. The molecule has 8 heteroatoms. The van der Waals surface area contributed by atoms with E-state index in [2.05, 4.69) is 4.98 Å². The van der Waals surface area contributed by atoms with Crippen molar-refractivity contribution in [2.75, 3.05) is 31.1 Å². The summed E-state index contributed by atoms with van der Waals surface area (Å²) in [4.78, 5) is 31.8. The van der Waals surface area contributed by atoms with E-state index in [1.807, 2.05) is 4.90 Å². The molecule has 1 aromatic heterocycles. The molecule has 1 amide bonds. The predicted octanol–water partition coefficient (Wildman–Crippen LogP) is 4.10. The lowest BCUT2D eigenvalue weighted by Gasteiger charge is -2.36. The van der Waals surface area contributed by atoms with Crippen LogP contribution in [-0.2, 0) is 11.2 Å². The van der Waals surface area contributed by atoms with Crippen LogP contribution in [0.25, 0.3) is 11.3 Å². The molecule has 1 saturated heterocycles. The summed E-state index contributed by atoms with van der Waals surface area (Å²) >= 11 is 0. The number of carbonyl (C=O) groups excluding carboxylic acids is 2. The SMILES string of the molecule is CC(=O)c1ccc(N2CCN(C(=O)CCc3ncc(-c4ccc(F)cc4)o3)CC2)c(F)c1. The fourth-order valence-electron chi connectivity index (χ4n) is 3.72. The van der Waals surface area contributed by atoms with Crippen LogP contribution in [0.4, 0.5) is 14.5 Å². The first-order valence-electron chi connectivity index (χ1n) is 10.4. The average molecular weight is 439 g/mol. The quantitative estimate of drug-likeness (QED) is 0.541. The number of anilines is 1. The number of benzene rings is 2. The van der Waals surface area contributed by atoms with E-state index >= 15 is 0 Å². The normalized spacial score (nSPS) is 14.0. The van der Waals surface area contributed by atoms with Crippen molar-refractivity contribution in [2.24, 2.45) is 0 Å². The molecule has 0 aliphatic carbocycles. The minimum atomic E-state index is -0.432. The Kier molecular flexibility index (Phi) is 6.30. The maximum atomic E-state index is 14.4. The third-order valence-electron chi connectivity index (χ3n) is 5.56. The maximum Gasteiger partial charge on any atom is 0.223 e. The van der Waals surface area contributed by atoms with Gasteiger partial charge in [-0.2, -0.15) is 0 Å². The monoisotopic (exact) mass is 439 g/mol. The zero-order valence-corrected chi connectivity index (χ0v) is 17.7. The summed E-state index contributed by atoms with van der Waals surface area (Å²) in [7, 11) is 0. The van der Waals surface area contributed by atoms with Crippen LogP contribution in [0.1, 0.15) is 29.6 Å². The zero-order valence-electron chi connectivity index (χ0n) is 17.7. The molecule has 2 heterocycles. The van der Waals surface area contributed by atoms with Crippen molar-refractivity contribution >= 4 is 17.4 Å². The highest BCUT2D eigenvalue weighted by Gasteiger charge is 2.23. The van der Waals surface area contributed by atoms with E-state index in [9.17, 15) is 18.4 Å². The fraction of sp³-hybridized carbons (Fsp3) is 0.292. The molecule has 6 nitrogen and oxygen atoms in total. The summed E-state index contributed by atoms with van der Waals surface area (Å²) in [5, 5.41) is 0. The Morgan fingerprint density at radius 2 is 1.75 bits per heavy atom. The molecule has 32 heavy (non-hydrogen) atoms. The third-order valence-corrected chi connectivity index (χ3v) is 5.56. The van der Waals surface area contributed by atoms with Crippen LogP contribution in [0.3, 0.4) is 0 Å². The number of aromatic nitrogens is 1. The van der Waals surface area contributed by atoms with E-state index in [4.69, 9.17) is 4.42 Å².